The maximum atomic E-state index is 11.4. The van der Waals surface area contributed by atoms with Crippen molar-refractivity contribution in [1.29, 1.82) is 5.26 Å². The van der Waals surface area contributed by atoms with E-state index in [-0.39, 0.29) is 13.2 Å². The average Bonchev–Trinajstić information content (AvgIpc) is 2.45. The Labute approximate surface area is 115 Å². The summed E-state index contributed by atoms with van der Waals surface area (Å²) in [5, 5.41) is 12.7. The van der Waals surface area contributed by atoms with Crippen LogP contribution in [0.15, 0.2) is 24.3 Å². The normalized spacial score (nSPS) is 9.20. The molecular weight excluding hydrogens is 262 g/mol. The van der Waals surface area contributed by atoms with E-state index in [0.717, 1.165) is 0 Å². The van der Waals surface area contributed by atoms with Crippen LogP contribution in [0.25, 0.3) is 0 Å². The molecule has 2 amide bonds. The summed E-state index contributed by atoms with van der Waals surface area (Å²) in [6.45, 7) is 1.73. The van der Waals surface area contributed by atoms with Gasteiger partial charge in [0.1, 0.15) is 6.54 Å². The molecule has 0 atom stereocenters. The summed E-state index contributed by atoms with van der Waals surface area (Å²) < 4.78 is 4.81. The fourth-order valence-corrected chi connectivity index (χ4v) is 1.29. The molecule has 0 radical (unpaired) electrons. The van der Waals surface area contributed by atoms with Gasteiger partial charge in [-0.05, 0) is 31.2 Å². The monoisotopic (exact) mass is 275 g/mol. The molecular formula is C13H13N3O4. The first kappa shape index (κ1) is 15.2. The molecule has 0 heterocycles. The Morgan fingerprint density at radius 1 is 1.20 bits per heavy atom. The van der Waals surface area contributed by atoms with Gasteiger partial charge in [-0.15, -0.1) is 0 Å². The highest BCUT2D eigenvalue weighted by Crippen LogP contribution is 2.10. The lowest BCUT2D eigenvalue weighted by molar-refractivity contribution is -0.136. The highest BCUT2D eigenvalue weighted by molar-refractivity contribution is 6.39. The molecule has 0 saturated heterocycles. The van der Waals surface area contributed by atoms with Gasteiger partial charge in [0.15, 0.2) is 0 Å². The summed E-state index contributed by atoms with van der Waals surface area (Å²) in [7, 11) is 0. The molecule has 2 N–H and O–H groups in total. The maximum absolute atomic E-state index is 11.4. The van der Waals surface area contributed by atoms with Gasteiger partial charge in [0, 0.05) is 5.69 Å². The molecule has 7 nitrogen and oxygen atoms in total. The van der Waals surface area contributed by atoms with Crippen LogP contribution >= 0.6 is 0 Å². The predicted octanol–water partition coefficient (Wildman–Crippen LogP) is 0.442. The predicted molar refractivity (Wildman–Crippen MR) is 69.7 cm³/mol. The maximum Gasteiger partial charge on any atom is 0.338 e. The molecule has 0 aromatic heterocycles. The summed E-state index contributed by atoms with van der Waals surface area (Å²) in [4.78, 5) is 34.0. The van der Waals surface area contributed by atoms with Gasteiger partial charge in [0.2, 0.25) is 0 Å². The average molecular weight is 275 g/mol. The van der Waals surface area contributed by atoms with E-state index in [1.807, 2.05) is 0 Å². The zero-order chi connectivity index (χ0) is 15.0. The Hall–Kier alpha value is -2.88. The number of esters is 1. The van der Waals surface area contributed by atoms with Gasteiger partial charge in [0.05, 0.1) is 18.2 Å². The molecule has 0 aliphatic carbocycles. The molecule has 20 heavy (non-hydrogen) atoms. The quantitative estimate of drug-likeness (QED) is 0.471. The number of carbonyl (C=O) groups is 3. The van der Waals surface area contributed by atoms with Crippen LogP contribution in [0.4, 0.5) is 5.69 Å². The second-order valence-electron chi connectivity index (χ2n) is 3.59. The molecule has 0 aliphatic heterocycles. The number of carbonyl (C=O) groups excluding carboxylic acids is 3. The minimum absolute atomic E-state index is 0.242. The van der Waals surface area contributed by atoms with Gasteiger partial charge in [-0.25, -0.2) is 4.79 Å². The summed E-state index contributed by atoms with van der Waals surface area (Å²) in [5.74, 6) is -2.25. The Bertz CT molecular complexity index is 546. The van der Waals surface area contributed by atoms with Gasteiger partial charge in [-0.1, -0.05) is 0 Å². The van der Waals surface area contributed by atoms with Crippen LogP contribution in [0.1, 0.15) is 17.3 Å². The van der Waals surface area contributed by atoms with Crippen molar-refractivity contribution in [2.24, 2.45) is 0 Å². The largest absolute Gasteiger partial charge is 0.462 e. The van der Waals surface area contributed by atoms with Crippen molar-refractivity contribution in [2.75, 3.05) is 18.5 Å². The van der Waals surface area contributed by atoms with E-state index in [0.29, 0.717) is 11.3 Å². The number of nitrogens with one attached hydrogen (secondary N) is 2. The van der Waals surface area contributed by atoms with E-state index in [2.05, 4.69) is 10.6 Å². The van der Waals surface area contributed by atoms with Gasteiger partial charge >= 0.3 is 17.8 Å². The highest BCUT2D eigenvalue weighted by atomic mass is 16.5. The molecule has 0 fully saturated rings. The first-order valence-corrected chi connectivity index (χ1v) is 5.81. The summed E-state index contributed by atoms with van der Waals surface area (Å²) in [5.41, 5.74) is 0.703. The van der Waals surface area contributed by atoms with Crippen molar-refractivity contribution >= 4 is 23.5 Å². The minimum Gasteiger partial charge on any atom is -0.462 e. The van der Waals surface area contributed by atoms with Gasteiger partial charge in [-0.2, -0.15) is 5.26 Å². The Kier molecular flexibility index (Phi) is 5.72. The topological polar surface area (TPSA) is 108 Å². The van der Waals surface area contributed by atoms with Crippen LogP contribution in [0.2, 0.25) is 0 Å². The number of hydrogen-bond acceptors (Lipinski definition) is 5. The first-order valence-electron chi connectivity index (χ1n) is 5.81. The van der Waals surface area contributed by atoms with Gasteiger partial charge < -0.3 is 15.4 Å². The van der Waals surface area contributed by atoms with E-state index in [4.69, 9.17) is 10.00 Å². The van der Waals surface area contributed by atoms with E-state index in [1.54, 1.807) is 13.0 Å². The molecule has 7 heteroatoms. The van der Waals surface area contributed by atoms with Crippen LogP contribution < -0.4 is 10.6 Å². The fraction of sp³-hybridized carbons (Fsp3) is 0.231. The van der Waals surface area contributed by atoms with E-state index < -0.39 is 17.8 Å². The third kappa shape index (κ3) is 4.42. The molecule has 1 aromatic carbocycles. The number of hydrogen-bond donors (Lipinski definition) is 2. The van der Waals surface area contributed by atoms with Crippen LogP contribution in [0, 0.1) is 11.3 Å². The first-order chi connectivity index (χ1) is 9.58. The lowest BCUT2D eigenvalue weighted by Crippen LogP contribution is -2.35. The molecule has 1 aromatic rings. The SMILES string of the molecule is CCOC(=O)c1ccc(NC(=O)C(=O)NCC#N)cc1. The van der Waals surface area contributed by atoms with Gasteiger partial charge in [-0.3, -0.25) is 9.59 Å². The zero-order valence-electron chi connectivity index (χ0n) is 10.8. The lowest BCUT2D eigenvalue weighted by atomic mass is 10.2. The van der Waals surface area contributed by atoms with Crippen molar-refractivity contribution in [2.45, 2.75) is 6.92 Å². The molecule has 0 bridgehead atoms. The Balaban J connectivity index is 2.61. The number of anilines is 1. The minimum atomic E-state index is -0.902. The van der Waals surface area contributed by atoms with Crippen molar-refractivity contribution in [1.82, 2.24) is 5.32 Å². The number of nitriles is 1. The molecule has 1 rings (SSSR count). The zero-order valence-corrected chi connectivity index (χ0v) is 10.8. The van der Waals surface area contributed by atoms with Crippen molar-refractivity contribution in [3.05, 3.63) is 29.8 Å². The van der Waals surface area contributed by atoms with Crippen molar-refractivity contribution in [3.8, 4) is 6.07 Å². The van der Waals surface area contributed by atoms with Crippen LogP contribution in [-0.2, 0) is 14.3 Å². The van der Waals surface area contributed by atoms with E-state index in [9.17, 15) is 14.4 Å². The second-order valence-corrected chi connectivity index (χ2v) is 3.59. The standard InChI is InChI=1S/C13H13N3O4/c1-2-20-13(19)9-3-5-10(6-4-9)16-12(18)11(17)15-8-7-14/h3-6H,2,8H2,1H3,(H,15,17)(H,16,18). The molecule has 0 saturated carbocycles. The molecule has 0 unspecified atom stereocenters. The number of ether oxygens (including phenoxy) is 1. The van der Waals surface area contributed by atoms with Crippen molar-refractivity contribution < 1.29 is 19.1 Å². The molecule has 0 aliphatic rings. The fourth-order valence-electron chi connectivity index (χ4n) is 1.29. The van der Waals surface area contributed by atoms with Crippen LogP contribution in [-0.4, -0.2) is 30.9 Å². The summed E-state index contributed by atoms with van der Waals surface area (Å²) in [6, 6.07) is 7.58. The van der Waals surface area contributed by atoms with Crippen LogP contribution in [0.3, 0.4) is 0 Å². The molecule has 0 spiro atoms. The Morgan fingerprint density at radius 3 is 2.40 bits per heavy atom. The van der Waals surface area contributed by atoms with E-state index >= 15 is 0 Å². The number of benzene rings is 1. The summed E-state index contributed by atoms with van der Waals surface area (Å²) >= 11 is 0. The van der Waals surface area contributed by atoms with Gasteiger partial charge in [0.25, 0.3) is 0 Å². The third-order valence-corrected chi connectivity index (χ3v) is 2.19. The highest BCUT2D eigenvalue weighted by Gasteiger charge is 2.13. The van der Waals surface area contributed by atoms with Crippen molar-refractivity contribution in [3.63, 3.8) is 0 Å². The molecule has 104 valence electrons. The summed E-state index contributed by atoms with van der Waals surface area (Å²) in [6.07, 6.45) is 0. The number of rotatable bonds is 4. The second kappa shape index (κ2) is 7.53. The smallest absolute Gasteiger partial charge is 0.338 e. The number of amides is 2. The van der Waals surface area contributed by atoms with Crippen LogP contribution in [0.5, 0.6) is 0 Å². The van der Waals surface area contributed by atoms with E-state index in [1.165, 1.54) is 24.3 Å². The number of nitrogens with zero attached hydrogens (tertiary/aromatic N) is 1. The Morgan fingerprint density at radius 2 is 1.85 bits per heavy atom. The third-order valence-electron chi connectivity index (χ3n) is 2.19. The lowest BCUT2D eigenvalue weighted by Gasteiger charge is -2.06.